The summed E-state index contributed by atoms with van der Waals surface area (Å²) in [5, 5.41) is 0. The van der Waals surface area contributed by atoms with Crippen molar-refractivity contribution < 1.29 is 38.5 Å². The van der Waals surface area contributed by atoms with Gasteiger partial charge in [-0.15, -0.1) is 0 Å². The van der Waals surface area contributed by atoms with Crippen molar-refractivity contribution in [3.63, 3.8) is 0 Å². The Hall–Kier alpha value is -0.670. The molecular formula is C10H20N2O8P2. The molecule has 2 rings (SSSR count). The van der Waals surface area contributed by atoms with E-state index in [1.807, 2.05) is 18.5 Å². The summed E-state index contributed by atoms with van der Waals surface area (Å²) in [6.45, 7) is 1.22. The molecule has 1 fully saturated rings. The highest BCUT2D eigenvalue weighted by Crippen LogP contribution is 2.29. The quantitative estimate of drug-likeness (QED) is 0.375. The molecule has 128 valence electrons. The summed E-state index contributed by atoms with van der Waals surface area (Å²) in [4.78, 5) is 49.7. The number of pyridine rings is 1. The fourth-order valence-corrected chi connectivity index (χ4v) is 1.90. The number of likely N-dealkylation sites (tertiary alicyclic amines) is 1. The summed E-state index contributed by atoms with van der Waals surface area (Å²) in [5.74, 6) is 0. The van der Waals surface area contributed by atoms with Gasteiger partial charge in [0.15, 0.2) is 0 Å². The predicted molar refractivity (Wildman–Crippen MR) is 77.4 cm³/mol. The molecule has 0 unspecified atom stereocenters. The van der Waals surface area contributed by atoms with Crippen LogP contribution in [0.25, 0.3) is 0 Å². The zero-order valence-electron chi connectivity index (χ0n) is 11.8. The molecule has 1 aromatic rings. The molecule has 0 saturated carbocycles. The van der Waals surface area contributed by atoms with Gasteiger partial charge >= 0.3 is 15.6 Å². The molecule has 1 atom stereocenters. The zero-order valence-corrected chi connectivity index (χ0v) is 13.6. The van der Waals surface area contributed by atoms with Crippen LogP contribution in [0.5, 0.6) is 0 Å². The van der Waals surface area contributed by atoms with E-state index in [2.05, 4.69) is 23.0 Å². The van der Waals surface area contributed by atoms with Crippen LogP contribution in [0.15, 0.2) is 24.5 Å². The van der Waals surface area contributed by atoms with Crippen molar-refractivity contribution in [3.05, 3.63) is 30.1 Å². The molecule has 1 aliphatic heterocycles. The van der Waals surface area contributed by atoms with Gasteiger partial charge < -0.3 is 29.4 Å². The van der Waals surface area contributed by atoms with Crippen LogP contribution in [-0.4, -0.2) is 52.8 Å². The van der Waals surface area contributed by atoms with Crippen LogP contribution in [0.1, 0.15) is 24.4 Å². The van der Waals surface area contributed by atoms with E-state index in [9.17, 15) is 0 Å². The van der Waals surface area contributed by atoms with Crippen LogP contribution in [0, 0.1) is 0 Å². The lowest BCUT2D eigenvalue weighted by Gasteiger charge is -2.18. The molecule has 10 nitrogen and oxygen atoms in total. The number of hydrogen-bond donors (Lipinski definition) is 6. The number of nitrogens with zero attached hydrogens (tertiary/aromatic N) is 2. The molecule has 0 aliphatic carbocycles. The summed E-state index contributed by atoms with van der Waals surface area (Å²) in [7, 11) is -7.09. The Morgan fingerprint density at radius 1 is 1.14 bits per heavy atom. The highest BCUT2D eigenvalue weighted by molar-refractivity contribution is 7.45. The van der Waals surface area contributed by atoms with Gasteiger partial charge in [0.1, 0.15) is 0 Å². The first-order chi connectivity index (χ1) is 9.88. The summed E-state index contributed by atoms with van der Waals surface area (Å²) >= 11 is 0. The maximum absolute atomic E-state index is 8.88. The molecule has 1 aromatic heterocycles. The van der Waals surface area contributed by atoms with E-state index >= 15 is 0 Å². The second-order valence-electron chi connectivity index (χ2n) is 4.45. The van der Waals surface area contributed by atoms with Gasteiger partial charge in [0.2, 0.25) is 0 Å². The lowest BCUT2D eigenvalue weighted by atomic mass is 10.1. The first kappa shape index (κ1) is 21.3. The summed E-state index contributed by atoms with van der Waals surface area (Å²) in [6.07, 6.45) is 6.41. The summed E-state index contributed by atoms with van der Waals surface area (Å²) in [6, 6.07) is 4.79. The van der Waals surface area contributed by atoms with Gasteiger partial charge in [-0.2, -0.15) is 0 Å². The summed E-state index contributed by atoms with van der Waals surface area (Å²) in [5.41, 5.74) is 1.36. The van der Waals surface area contributed by atoms with Crippen LogP contribution in [0.2, 0.25) is 0 Å². The van der Waals surface area contributed by atoms with E-state index < -0.39 is 15.6 Å². The molecule has 1 saturated heterocycles. The molecule has 0 bridgehead atoms. The Kier molecular flexibility index (Phi) is 9.18. The van der Waals surface area contributed by atoms with Crippen LogP contribution in [-0.2, 0) is 9.13 Å². The van der Waals surface area contributed by atoms with Crippen molar-refractivity contribution in [1.82, 2.24) is 9.88 Å². The average Bonchev–Trinajstić information content (AvgIpc) is 2.72. The van der Waals surface area contributed by atoms with E-state index in [0.29, 0.717) is 6.04 Å². The molecular weight excluding hydrogens is 338 g/mol. The fourth-order valence-electron chi connectivity index (χ4n) is 1.90. The Labute approximate surface area is 127 Å². The Morgan fingerprint density at radius 3 is 1.95 bits per heavy atom. The van der Waals surface area contributed by atoms with E-state index in [1.165, 1.54) is 24.9 Å². The molecule has 0 radical (unpaired) electrons. The maximum atomic E-state index is 8.88. The second-order valence-corrected chi connectivity index (χ2v) is 6.50. The van der Waals surface area contributed by atoms with Crippen molar-refractivity contribution in [2.75, 3.05) is 13.6 Å². The average molecular weight is 358 g/mol. The molecule has 2 heterocycles. The minimum absolute atomic E-state index is 0.610. The van der Waals surface area contributed by atoms with Gasteiger partial charge in [-0.25, -0.2) is 9.13 Å². The van der Waals surface area contributed by atoms with Crippen LogP contribution >= 0.6 is 15.6 Å². The van der Waals surface area contributed by atoms with Crippen molar-refractivity contribution in [2.45, 2.75) is 18.9 Å². The normalized spacial score (nSPS) is 18.8. The monoisotopic (exact) mass is 358 g/mol. The Balaban J connectivity index is 0.000000372. The Morgan fingerprint density at radius 2 is 1.64 bits per heavy atom. The third-order valence-electron chi connectivity index (χ3n) is 2.59. The third-order valence-corrected chi connectivity index (χ3v) is 2.59. The predicted octanol–water partition coefficient (Wildman–Crippen LogP) is -0.00890. The van der Waals surface area contributed by atoms with E-state index in [-0.39, 0.29) is 0 Å². The van der Waals surface area contributed by atoms with Gasteiger partial charge in [0.05, 0.1) is 0 Å². The number of hydrogen-bond acceptors (Lipinski definition) is 4. The molecule has 22 heavy (non-hydrogen) atoms. The number of rotatable bonds is 1. The van der Waals surface area contributed by atoms with Gasteiger partial charge in [-0.3, -0.25) is 9.88 Å². The molecule has 0 aromatic carbocycles. The molecule has 0 spiro atoms. The lowest BCUT2D eigenvalue weighted by Crippen LogP contribution is -2.17. The fraction of sp³-hybridized carbons (Fsp3) is 0.500. The minimum atomic E-state index is -4.64. The van der Waals surface area contributed by atoms with Crippen LogP contribution in [0.3, 0.4) is 0 Å². The zero-order chi connectivity index (χ0) is 17.4. The lowest BCUT2D eigenvalue weighted by molar-refractivity contribution is 0.272. The molecule has 12 heteroatoms. The van der Waals surface area contributed by atoms with Crippen LogP contribution in [0.4, 0.5) is 0 Å². The first-order valence-electron chi connectivity index (χ1n) is 6.04. The number of aromatic nitrogens is 1. The van der Waals surface area contributed by atoms with Crippen molar-refractivity contribution in [3.8, 4) is 0 Å². The van der Waals surface area contributed by atoms with E-state index in [4.69, 9.17) is 38.5 Å². The topological polar surface area (TPSA) is 172 Å². The highest BCUT2D eigenvalue weighted by Gasteiger charge is 2.21. The molecule has 1 aliphatic rings. The van der Waals surface area contributed by atoms with Crippen molar-refractivity contribution in [2.24, 2.45) is 0 Å². The smallest absolute Gasteiger partial charge is 0.303 e. The third kappa shape index (κ3) is 14.3. The van der Waals surface area contributed by atoms with E-state index in [1.54, 1.807) is 0 Å². The standard InChI is InChI=1S/C10H14N2.2H3O4P/c1-12-7-3-5-10(12)9-4-2-6-11-8-9;2*1-5(2,3)4/h2,4,6,8,10H,3,5,7H2,1H3;2*(H3,1,2,3,4)/t10-;;/m0../s1. The summed E-state index contributed by atoms with van der Waals surface area (Å²) < 4.78 is 17.8. The SMILES string of the molecule is CN1CCC[C@H]1c1cccnc1.O=P(O)(O)O.O=P(O)(O)O. The Bertz CT molecular complexity index is 480. The first-order valence-corrected chi connectivity index (χ1v) is 9.17. The highest BCUT2D eigenvalue weighted by atomic mass is 31.2. The van der Waals surface area contributed by atoms with E-state index in [0.717, 1.165) is 0 Å². The second kappa shape index (κ2) is 9.46. The minimum Gasteiger partial charge on any atom is -0.303 e. The van der Waals surface area contributed by atoms with Crippen LogP contribution < -0.4 is 0 Å². The largest absolute Gasteiger partial charge is 0.466 e. The van der Waals surface area contributed by atoms with Crippen molar-refractivity contribution >= 4 is 15.6 Å². The van der Waals surface area contributed by atoms with Gasteiger partial charge in [0, 0.05) is 18.4 Å². The van der Waals surface area contributed by atoms with Crippen molar-refractivity contribution in [1.29, 1.82) is 0 Å². The van der Waals surface area contributed by atoms with Gasteiger partial charge in [-0.05, 0) is 38.1 Å². The van der Waals surface area contributed by atoms with Gasteiger partial charge in [0.25, 0.3) is 0 Å². The maximum Gasteiger partial charge on any atom is 0.466 e. The molecule has 0 amide bonds. The van der Waals surface area contributed by atoms with Gasteiger partial charge in [-0.1, -0.05) is 6.07 Å². The molecule has 6 N–H and O–H groups in total. The number of phosphoric acid groups is 2.